The van der Waals surface area contributed by atoms with Crippen molar-refractivity contribution in [3.8, 4) is 22.1 Å². The van der Waals surface area contributed by atoms with E-state index in [1.165, 1.54) is 29.5 Å². The van der Waals surface area contributed by atoms with Gasteiger partial charge in [-0.05, 0) is 66.6 Å². The number of sulfonamides is 1. The van der Waals surface area contributed by atoms with E-state index in [9.17, 15) is 23.4 Å². The van der Waals surface area contributed by atoms with Crippen molar-refractivity contribution in [3.05, 3.63) is 89.4 Å². The number of carbonyl (C=O) groups excluding carboxylic acids is 1. The monoisotopic (exact) mass is 582 g/mol. The van der Waals surface area contributed by atoms with Crippen molar-refractivity contribution < 1.29 is 28.2 Å². The lowest BCUT2D eigenvalue weighted by Crippen LogP contribution is -2.50. The van der Waals surface area contributed by atoms with Gasteiger partial charge in [0.15, 0.2) is 0 Å². The van der Waals surface area contributed by atoms with Crippen LogP contribution in [0, 0.1) is 0 Å². The molecule has 0 aliphatic heterocycles. The van der Waals surface area contributed by atoms with Crippen LogP contribution >= 0.6 is 11.3 Å². The van der Waals surface area contributed by atoms with Gasteiger partial charge in [-0.25, -0.2) is 13.4 Å². The number of carbonyl (C=O) groups is 1. The molecule has 4 aromatic rings. The van der Waals surface area contributed by atoms with Crippen LogP contribution in [-0.4, -0.2) is 49.4 Å². The molecule has 1 aromatic heterocycles. The molecule has 210 valence electrons. The minimum atomic E-state index is -3.65. The van der Waals surface area contributed by atoms with Gasteiger partial charge < -0.3 is 20.3 Å². The maximum absolute atomic E-state index is 13.7. The Balaban J connectivity index is 1.56. The maximum atomic E-state index is 13.7. The van der Waals surface area contributed by atoms with Gasteiger partial charge >= 0.3 is 0 Å². The summed E-state index contributed by atoms with van der Waals surface area (Å²) in [4.78, 5) is 18.0. The highest BCUT2D eigenvalue weighted by atomic mass is 32.2. The topological polar surface area (TPSA) is 150 Å². The smallest absolute Gasteiger partial charge is 0.249 e. The molecular weight excluding hydrogens is 552 g/mol. The third-order valence-corrected chi connectivity index (χ3v) is 7.71. The first-order chi connectivity index (χ1) is 19.0. The fraction of sp³-hybridized carbons (Fsp3) is 0.214. The zero-order valence-corrected chi connectivity index (χ0v) is 23.7. The summed E-state index contributed by atoms with van der Waals surface area (Å²) in [6.07, 6.45) is 1.56. The molecule has 10 nitrogen and oxygen atoms in total. The summed E-state index contributed by atoms with van der Waals surface area (Å²) < 4.78 is 30.8. The molecule has 0 spiro atoms. The summed E-state index contributed by atoms with van der Waals surface area (Å²) in [6.45, 7) is 1.64. The molecule has 2 atom stereocenters. The molecule has 0 aliphatic rings. The first-order valence-corrected chi connectivity index (χ1v) is 15.0. The van der Waals surface area contributed by atoms with Gasteiger partial charge in [-0.3, -0.25) is 14.8 Å². The van der Waals surface area contributed by atoms with Gasteiger partial charge in [-0.2, -0.15) is 0 Å². The van der Waals surface area contributed by atoms with Crippen molar-refractivity contribution in [2.24, 2.45) is 0 Å². The van der Waals surface area contributed by atoms with E-state index < -0.39 is 21.7 Å². The summed E-state index contributed by atoms with van der Waals surface area (Å²) in [5.74, 6) is -0.0195. The van der Waals surface area contributed by atoms with E-state index in [0.717, 1.165) is 16.8 Å². The van der Waals surface area contributed by atoms with Crippen molar-refractivity contribution in [1.29, 1.82) is 0 Å². The van der Waals surface area contributed by atoms with Gasteiger partial charge in [-0.1, -0.05) is 18.2 Å². The molecule has 1 unspecified atom stereocenters. The summed E-state index contributed by atoms with van der Waals surface area (Å²) in [7, 11) is -2.10. The van der Waals surface area contributed by atoms with Gasteiger partial charge in [0, 0.05) is 29.4 Å². The second-order valence-corrected chi connectivity index (χ2v) is 11.9. The molecule has 0 saturated heterocycles. The van der Waals surface area contributed by atoms with E-state index in [4.69, 9.17) is 4.74 Å². The van der Waals surface area contributed by atoms with Crippen LogP contribution in [0.5, 0.6) is 11.5 Å². The normalized spacial score (nSPS) is 13.7. The average molecular weight is 583 g/mol. The molecule has 4 rings (SSSR count). The standard InChI is InChI=1S/C28H30N4O6S2/c1-28(20-7-11-22(38-2)12-8-20,27(35)31-21-9-4-18(5-10-21)26-29-14-15-39-26)30-17-25(34)19-6-13-24(33)23(16-19)32-40(3,36)37/h4-16,25,30,32-34H,17H2,1-3H3,(H,31,35)/t25?,28-/m0/s1. The maximum Gasteiger partial charge on any atom is 0.249 e. The zero-order valence-electron chi connectivity index (χ0n) is 22.1. The molecule has 0 saturated carbocycles. The average Bonchev–Trinajstić information content (AvgIpc) is 3.47. The number of aliphatic hydroxyl groups is 1. The Morgan fingerprint density at radius 1 is 1.10 bits per heavy atom. The fourth-order valence-corrected chi connectivity index (χ4v) is 5.22. The van der Waals surface area contributed by atoms with Gasteiger partial charge in [0.25, 0.3) is 0 Å². The van der Waals surface area contributed by atoms with E-state index in [1.54, 1.807) is 56.6 Å². The van der Waals surface area contributed by atoms with Crippen molar-refractivity contribution >= 4 is 38.6 Å². The predicted molar refractivity (Wildman–Crippen MR) is 156 cm³/mol. The van der Waals surface area contributed by atoms with Crippen molar-refractivity contribution in [2.45, 2.75) is 18.6 Å². The van der Waals surface area contributed by atoms with E-state index in [-0.39, 0.29) is 23.9 Å². The SMILES string of the molecule is COc1ccc([C@](C)(NCC(O)c2ccc(O)c(NS(C)(=O)=O)c2)C(=O)Nc2ccc(-c3nccs3)cc2)cc1. The van der Waals surface area contributed by atoms with Gasteiger partial charge in [0.05, 0.1) is 25.2 Å². The van der Waals surface area contributed by atoms with E-state index in [2.05, 4.69) is 20.3 Å². The number of aromatic hydroxyl groups is 1. The number of nitrogens with one attached hydrogen (secondary N) is 3. The number of hydrogen-bond donors (Lipinski definition) is 5. The number of thiazole rings is 1. The molecule has 5 N–H and O–H groups in total. The number of benzene rings is 3. The Labute approximate surface area is 236 Å². The molecule has 40 heavy (non-hydrogen) atoms. The Bertz CT molecular complexity index is 1560. The molecule has 0 aliphatic carbocycles. The van der Waals surface area contributed by atoms with Crippen molar-refractivity contribution in [1.82, 2.24) is 10.3 Å². The van der Waals surface area contributed by atoms with E-state index in [1.807, 2.05) is 17.5 Å². The molecule has 0 fully saturated rings. The molecule has 1 heterocycles. The summed E-state index contributed by atoms with van der Waals surface area (Å²) >= 11 is 1.52. The van der Waals surface area contributed by atoms with Crippen LogP contribution < -0.4 is 20.1 Å². The predicted octanol–water partition coefficient (Wildman–Crippen LogP) is 4.07. The number of anilines is 2. The summed E-state index contributed by atoms with van der Waals surface area (Å²) in [6, 6.07) is 18.5. The Morgan fingerprint density at radius 3 is 2.40 bits per heavy atom. The number of nitrogens with zero attached hydrogens (tertiary/aromatic N) is 1. The third-order valence-electron chi connectivity index (χ3n) is 6.29. The number of aliphatic hydroxyl groups excluding tert-OH is 1. The minimum absolute atomic E-state index is 0.0593. The highest BCUT2D eigenvalue weighted by Crippen LogP contribution is 2.30. The van der Waals surface area contributed by atoms with Crippen LogP contribution in [0.2, 0.25) is 0 Å². The van der Waals surface area contributed by atoms with Gasteiger partial charge in [0.1, 0.15) is 22.0 Å². The van der Waals surface area contributed by atoms with Gasteiger partial charge in [0.2, 0.25) is 15.9 Å². The summed E-state index contributed by atoms with van der Waals surface area (Å²) in [5, 5.41) is 29.9. The number of amides is 1. The minimum Gasteiger partial charge on any atom is -0.506 e. The van der Waals surface area contributed by atoms with Crippen LogP contribution in [0.15, 0.2) is 78.3 Å². The Hall–Kier alpha value is -3.97. The largest absolute Gasteiger partial charge is 0.506 e. The molecule has 1 amide bonds. The first-order valence-electron chi connectivity index (χ1n) is 12.2. The number of phenolic OH excluding ortho intramolecular Hbond substituents is 1. The number of ether oxygens (including phenoxy) is 1. The molecule has 0 radical (unpaired) electrons. The Morgan fingerprint density at radius 2 is 1.80 bits per heavy atom. The highest BCUT2D eigenvalue weighted by Gasteiger charge is 2.35. The van der Waals surface area contributed by atoms with Crippen molar-refractivity contribution in [3.63, 3.8) is 0 Å². The van der Waals surface area contributed by atoms with Crippen molar-refractivity contribution in [2.75, 3.05) is 29.9 Å². The van der Waals surface area contributed by atoms with Crippen LogP contribution in [0.1, 0.15) is 24.2 Å². The van der Waals surface area contributed by atoms with Gasteiger partial charge in [-0.15, -0.1) is 11.3 Å². The van der Waals surface area contributed by atoms with Crippen LogP contribution in [-0.2, 0) is 20.4 Å². The first kappa shape index (κ1) is 29.0. The lowest BCUT2D eigenvalue weighted by atomic mass is 9.90. The van der Waals surface area contributed by atoms with Crippen LogP contribution in [0.25, 0.3) is 10.6 Å². The second kappa shape index (κ2) is 12.0. The molecule has 0 bridgehead atoms. The quantitative estimate of drug-likeness (QED) is 0.166. The Kier molecular flexibility index (Phi) is 8.74. The highest BCUT2D eigenvalue weighted by molar-refractivity contribution is 7.92. The number of methoxy groups -OCH3 is 1. The zero-order chi connectivity index (χ0) is 28.9. The second-order valence-electron chi connectivity index (χ2n) is 9.27. The lowest BCUT2D eigenvalue weighted by molar-refractivity contribution is -0.122. The lowest BCUT2D eigenvalue weighted by Gasteiger charge is -2.31. The van der Waals surface area contributed by atoms with Crippen LogP contribution in [0.4, 0.5) is 11.4 Å². The van der Waals surface area contributed by atoms with E-state index in [0.29, 0.717) is 22.6 Å². The summed E-state index contributed by atoms with van der Waals surface area (Å²) in [5.41, 5.74) is 1.14. The third kappa shape index (κ3) is 6.96. The fourth-order valence-electron chi connectivity index (χ4n) is 4.02. The molecular formula is C28H30N4O6S2. The molecule has 12 heteroatoms. The number of rotatable bonds is 11. The number of aromatic nitrogens is 1. The number of phenols is 1. The molecule has 3 aromatic carbocycles. The van der Waals surface area contributed by atoms with Crippen LogP contribution in [0.3, 0.4) is 0 Å². The van der Waals surface area contributed by atoms with E-state index >= 15 is 0 Å². The number of hydrogen-bond acceptors (Lipinski definition) is 9.